The van der Waals surface area contributed by atoms with Crippen LogP contribution in [0.25, 0.3) is 0 Å². The van der Waals surface area contributed by atoms with Crippen LogP contribution in [-0.4, -0.2) is 18.8 Å². The van der Waals surface area contributed by atoms with E-state index in [0.29, 0.717) is 22.9 Å². The van der Waals surface area contributed by atoms with Gasteiger partial charge in [-0.1, -0.05) is 6.07 Å². The summed E-state index contributed by atoms with van der Waals surface area (Å²) in [5.41, 5.74) is 0.573. The van der Waals surface area contributed by atoms with Crippen molar-refractivity contribution in [1.29, 1.82) is 0 Å². The highest BCUT2D eigenvalue weighted by atomic mass is 19.1. The van der Waals surface area contributed by atoms with Crippen molar-refractivity contribution in [2.75, 3.05) is 12.1 Å². The lowest BCUT2D eigenvalue weighted by molar-refractivity contribution is -0.122. The molecule has 2 aromatic carbocycles. The van der Waals surface area contributed by atoms with Crippen LogP contribution in [0.3, 0.4) is 0 Å². The van der Waals surface area contributed by atoms with Crippen molar-refractivity contribution < 1.29 is 23.4 Å². The van der Waals surface area contributed by atoms with E-state index >= 15 is 0 Å². The zero-order chi connectivity index (χ0) is 15.5. The molecule has 0 saturated carbocycles. The van der Waals surface area contributed by atoms with Gasteiger partial charge in [0.1, 0.15) is 11.6 Å². The van der Waals surface area contributed by atoms with E-state index in [1.165, 1.54) is 18.2 Å². The first-order valence-electron chi connectivity index (χ1n) is 6.74. The Labute approximate surface area is 126 Å². The van der Waals surface area contributed by atoms with Crippen molar-refractivity contribution in [2.45, 2.75) is 13.0 Å². The van der Waals surface area contributed by atoms with Gasteiger partial charge in [-0.05, 0) is 31.2 Å². The fourth-order valence-corrected chi connectivity index (χ4v) is 2.02. The second kappa shape index (κ2) is 5.93. The Balaban J connectivity index is 1.64. The Kier molecular flexibility index (Phi) is 3.82. The molecule has 0 spiro atoms. The van der Waals surface area contributed by atoms with Gasteiger partial charge in [-0.2, -0.15) is 0 Å². The molecule has 1 heterocycles. The standard InChI is InChI=1S/C16H14FNO4/c1-10(22-13-4-2-3-11(17)7-13)16(19)18-12-5-6-14-15(8-12)21-9-20-14/h2-8,10H,9H2,1H3,(H,18,19). The third kappa shape index (κ3) is 3.11. The second-order valence-corrected chi connectivity index (χ2v) is 4.77. The van der Waals surface area contributed by atoms with Crippen molar-refractivity contribution in [3.63, 3.8) is 0 Å². The van der Waals surface area contributed by atoms with Crippen LogP contribution >= 0.6 is 0 Å². The molecule has 1 unspecified atom stereocenters. The Morgan fingerprint density at radius 1 is 1.23 bits per heavy atom. The van der Waals surface area contributed by atoms with Crippen molar-refractivity contribution in [3.05, 3.63) is 48.3 Å². The van der Waals surface area contributed by atoms with Crippen LogP contribution in [-0.2, 0) is 4.79 Å². The molecule has 0 bridgehead atoms. The first kappa shape index (κ1) is 14.2. The first-order chi connectivity index (χ1) is 10.6. The lowest BCUT2D eigenvalue weighted by Gasteiger charge is -2.15. The molecule has 1 N–H and O–H groups in total. The monoisotopic (exact) mass is 303 g/mol. The van der Waals surface area contributed by atoms with Gasteiger partial charge < -0.3 is 19.5 Å². The minimum atomic E-state index is -0.771. The molecule has 0 aliphatic carbocycles. The number of ether oxygens (including phenoxy) is 3. The topological polar surface area (TPSA) is 56.8 Å². The Hall–Kier alpha value is -2.76. The number of anilines is 1. The van der Waals surface area contributed by atoms with Crippen LogP contribution in [0.1, 0.15) is 6.92 Å². The number of halogens is 1. The van der Waals surface area contributed by atoms with E-state index in [2.05, 4.69) is 5.32 Å². The highest BCUT2D eigenvalue weighted by Crippen LogP contribution is 2.34. The van der Waals surface area contributed by atoms with E-state index in [4.69, 9.17) is 14.2 Å². The summed E-state index contributed by atoms with van der Waals surface area (Å²) in [5, 5.41) is 2.71. The number of hydrogen-bond acceptors (Lipinski definition) is 4. The molecule has 1 atom stereocenters. The van der Waals surface area contributed by atoms with Gasteiger partial charge in [-0.25, -0.2) is 4.39 Å². The van der Waals surface area contributed by atoms with Crippen LogP contribution in [0.4, 0.5) is 10.1 Å². The van der Waals surface area contributed by atoms with Crippen LogP contribution in [0.2, 0.25) is 0 Å². The van der Waals surface area contributed by atoms with E-state index in [-0.39, 0.29) is 12.7 Å². The molecule has 0 saturated heterocycles. The van der Waals surface area contributed by atoms with Crippen LogP contribution < -0.4 is 19.5 Å². The summed E-state index contributed by atoms with van der Waals surface area (Å²) in [6.07, 6.45) is -0.771. The van der Waals surface area contributed by atoms with E-state index in [1.807, 2.05) is 0 Å². The molecular weight excluding hydrogens is 289 g/mol. The number of nitrogens with one attached hydrogen (secondary N) is 1. The summed E-state index contributed by atoms with van der Waals surface area (Å²) in [7, 11) is 0. The smallest absolute Gasteiger partial charge is 0.265 e. The number of carbonyl (C=O) groups is 1. The first-order valence-corrected chi connectivity index (χ1v) is 6.74. The zero-order valence-electron chi connectivity index (χ0n) is 11.8. The Morgan fingerprint density at radius 3 is 2.86 bits per heavy atom. The second-order valence-electron chi connectivity index (χ2n) is 4.77. The lowest BCUT2D eigenvalue weighted by Crippen LogP contribution is -2.30. The van der Waals surface area contributed by atoms with Gasteiger partial charge in [0.2, 0.25) is 6.79 Å². The Bertz CT molecular complexity index is 704. The fourth-order valence-electron chi connectivity index (χ4n) is 2.02. The van der Waals surface area contributed by atoms with Gasteiger partial charge in [0.05, 0.1) is 0 Å². The number of benzene rings is 2. The summed E-state index contributed by atoms with van der Waals surface area (Å²) in [5.74, 6) is 0.760. The molecule has 22 heavy (non-hydrogen) atoms. The average molecular weight is 303 g/mol. The minimum Gasteiger partial charge on any atom is -0.481 e. The predicted octanol–water partition coefficient (Wildman–Crippen LogP) is 2.96. The maximum Gasteiger partial charge on any atom is 0.265 e. The third-order valence-electron chi connectivity index (χ3n) is 3.12. The fraction of sp³-hybridized carbons (Fsp3) is 0.188. The summed E-state index contributed by atoms with van der Waals surface area (Å²) in [4.78, 5) is 12.1. The molecule has 1 aliphatic rings. The summed E-state index contributed by atoms with van der Waals surface area (Å²) in [6, 6.07) is 10.8. The van der Waals surface area contributed by atoms with Gasteiger partial charge >= 0.3 is 0 Å². The molecule has 6 heteroatoms. The quantitative estimate of drug-likeness (QED) is 0.943. The van der Waals surface area contributed by atoms with Crippen molar-refractivity contribution in [1.82, 2.24) is 0 Å². The largest absolute Gasteiger partial charge is 0.481 e. The molecule has 1 amide bonds. The van der Waals surface area contributed by atoms with Gasteiger partial charge in [-0.15, -0.1) is 0 Å². The lowest BCUT2D eigenvalue weighted by atomic mass is 10.2. The predicted molar refractivity (Wildman–Crippen MR) is 77.7 cm³/mol. The Morgan fingerprint density at radius 2 is 2.05 bits per heavy atom. The summed E-state index contributed by atoms with van der Waals surface area (Å²) in [6.45, 7) is 1.76. The number of carbonyl (C=O) groups excluding carboxylic acids is 1. The molecule has 3 rings (SSSR count). The SMILES string of the molecule is CC(Oc1cccc(F)c1)C(=O)Nc1ccc2c(c1)OCO2. The van der Waals surface area contributed by atoms with Gasteiger partial charge in [0.25, 0.3) is 5.91 Å². The number of hydrogen-bond donors (Lipinski definition) is 1. The molecule has 1 aliphatic heterocycles. The zero-order valence-corrected chi connectivity index (χ0v) is 11.8. The van der Waals surface area contributed by atoms with Crippen LogP contribution in [0.5, 0.6) is 17.2 Å². The highest BCUT2D eigenvalue weighted by molar-refractivity contribution is 5.94. The third-order valence-corrected chi connectivity index (χ3v) is 3.12. The molecule has 5 nitrogen and oxygen atoms in total. The van der Waals surface area contributed by atoms with E-state index in [1.54, 1.807) is 31.2 Å². The average Bonchev–Trinajstić information content (AvgIpc) is 2.94. The summed E-state index contributed by atoms with van der Waals surface area (Å²) < 4.78 is 28.9. The number of fused-ring (bicyclic) bond motifs is 1. The number of amides is 1. The van der Waals surface area contributed by atoms with E-state index in [0.717, 1.165) is 0 Å². The van der Waals surface area contributed by atoms with Gasteiger partial charge in [-0.3, -0.25) is 4.79 Å². The van der Waals surface area contributed by atoms with Crippen LogP contribution in [0, 0.1) is 5.82 Å². The maximum atomic E-state index is 13.1. The summed E-state index contributed by atoms with van der Waals surface area (Å²) >= 11 is 0. The maximum absolute atomic E-state index is 13.1. The van der Waals surface area contributed by atoms with Crippen molar-refractivity contribution in [3.8, 4) is 17.2 Å². The molecular formula is C16H14FNO4. The molecule has 114 valence electrons. The molecule has 0 aromatic heterocycles. The van der Waals surface area contributed by atoms with Gasteiger partial charge in [0.15, 0.2) is 17.6 Å². The normalized spacial score (nSPS) is 13.5. The highest BCUT2D eigenvalue weighted by Gasteiger charge is 2.18. The molecule has 0 radical (unpaired) electrons. The molecule has 2 aromatic rings. The van der Waals surface area contributed by atoms with Crippen LogP contribution in [0.15, 0.2) is 42.5 Å². The number of rotatable bonds is 4. The van der Waals surface area contributed by atoms with E-state index < -0.39 is 11.9 Å². The van der Waals surface area contributed by atoms with E-state index in [9.17, 15) is 9.18 Å². The van der Waals surface area contributed by atoms with Gasteiger partial charge in [0, 0.05) is 17.8 Å². The molecule has 0 fully saturated rings. The van der Waals surface area contributed by atoms with Crippen molar-refractivity contribution >= 4 is 11.6 Å². The minimum absolute atomic E-state index is 0.172. The van der Waals surface area contributed by atoms with Crippen molar-refractivity contribution in [2.24, 2.45) is 0 Å².